The Morgan fingerprint density at radius 1 is 0.944 bits per heavy atom. The van der Waals surface area contributed by atoms with Crippen molar-refractivity contribution < 1.29 is 4.74 Å². The number of hydrogen-bond acceptors (Lipinski definition) is 2. The first-order chi connectivity index (χ1) is 8.33. The van der Waals surface area contributed by atoms with E-state index in [1.807, 2.05) is 6.92 Å². The van der Waals surface area contributed by atoms with Crippen LogP contribution in [0, 0.1) is 5.92 Å². The summed E-state index contributed by atoms with van der Waals surface area (Å²) in [5.41, 5.74) is 5.74. The zero-order valence-corrected chi connectivity index (χ0v) is 13.3. The second-order valence-electron chi connectivity index (χ2n) is 6.74. The van der Waals surface area contributed by atoms with Gasteiger partial charge >= 0.3 is 0 Å². The van der Waals surface area contributed by atoms with Gasteiger partial charge in [-0.3, -0.25) is 0 Å². The Labute approximate surface area is 115 Å². The average molecular weight is 257 g/mol. The van der Waals surface area contributed by atoms with Crippen LogP contribution in [0.5, 0.6) is 0 Å². The summed E-state index contributed by atoms with van der Waals surface area (Å²) < 4.78 is 5.91. The van der Waals surface area contributed by atoms with E-state index in [1.54, 1.807) is 0 Å². The Balaban J connectivity index is 3.34. The molecule has 0 bridgehead atoms. The molecule has 0 amide bonds. The minimum absolute atomic E-state index is 0.0637. The summed E-state index contributed by atoms with van der Waals surface area (Å²) >= 11 is 0. The van der Waals surface area contributed by atoms with E-state index in [2.05, 4.69) is 27.7 Å². The number of ether oxygens (including phenoxy) is 1. The molecule has 110 valence electrons. The van der Waals surface area contributed by atoms with E-state index in [4.69, 9.17) is 10.5 Å². The average Bonchev–Trinajstić information content (AvgIpc) is 2.19. The summed E-state index contributed by atoms with van der Waals surface area (Å²) in [6.45, 7) is 11.8. The van der Waals surface area contributed by atoms with Crippen LogP contribution >= 0.6 is 0 Å². The van der Waals surface area contributed by atoms with Gasteiger partial charge in [0.2, 0.25) is 0 Å². The summed E-state index contributed by atoms with van der Waals surface area (Å²) in [5, 5.41) is 0. The van der Waals surface area contributed by atoms with Crippen LogP contribution in [0.2, 0.25) is 0 Å². The van der Waals surface area contributed by atoms with Crippen molar-refractivity contribution in [1.29, 1.82) is 0 Å². The van der Waals surface area contributed by atoms with Crippen LogP contribution < -0.4 is 5.73 Å². The van der Waals surface area contributed by atoms with Gasteiger partial charge in [-0.05, 0) is 39.5 Å². The van der Waals surface area contributed by atoms with Crippen LogP contribution in [-0.2, 0) is 4.74 Å². The molecule has 1 atom stereocenters. The van der Waals surface area contributed by atoms with Crippen molar-refractivity contribution in [1.82, 2.24) is 0 Å². The molecule has 0 saturated heterocycles. The summed E-state index contributed by atoms with van der Waals surface area (Å²) in [5.74, 6) is 0.854. The van der Waals surface area contributed by atoms with Crippen molar-refractivity contribution in [2.24, 2.45) is 11.7 Å². The van der Waals surface area contributed by atoms with Gasteiger partial charge in [-0.2, -0.15) is 0 Å². The van der Waals surface area contributed by atoms with Crippen LogP contribution in [0.25, 0.3) is 0 Å². The lowest BCUT2D eigenvalue weighted by atomic mass is 10.0. The molecule has 0 radical (unpaired) electrons. The molecule has 2 N–H and O–H groups in total. The summed E-state index contributed by atoms with van der Waals surface area (Å²) in [7, 11) is 0. The fourth-order valence-electron chi connectivity index (χ4n) is 2.37. The molecule has 2 heteroatoms. The summed E-state index contributed by atoms with van der Waals surface area (Å²) in [6.07, 6.45) is 8.90. The maximum absolute atomic E-state index is 5.91. The predicted octanol–water partition coefficient (Wildman–Crippen LogP) is 4.52. The van der Waals surface area contributed by atoms with Crippen molar-refractivity contribution >= 4 is 0 Å². The molecule has 0 spiro atoms. The molecule has 0 aromatic rings. The molecule has 1 unspecified atom stereocenters. The van der Waals surface area contributed by atoms with Gasteiger partial charge in [0.15, 0.2) is 0 Å². The van der Waals surface area contributed by atoms with Crippen LogP contribution in [-0.4, -0.2) is 18.2 Å². The third kappa shape index (κ3) is 12.4. The third-order valence-electron chi connectivity index (χ3n) is 3.23. The van der Waals surface area contributed by atoms with Crippen LogP contribution in [0.4, 0.5) is 0 Å². The van der Waals surface area contributed by atoms with E-state index in [0.717, 1.165) is 18.9 Å². The monoisotopic (exact) mass is 257 g/mol. The molecule has 0 aliphatic heterocycles. The van der Waals surface area contributed by atoms with Crippen molar-refractivity contribution in [3.63, 3.8) is 0 Å². The van der Waals surface area contributed by atoms with Gasteiger partial charge in [-0.25, -0.2) is 0 Å². The number of hydrogen-bond donors (Lipinski definition) is 1. The fraction of sp³-hybridized carbons (Fsp3) is 1.00. The van der Waals surface area contributed by atoms with E-state index in [-0.39, 0.29) is 11.6 Å². The second kappa shape index (κ2) is 9.80. The van der Waals surface area contributed by atoms with E-state index < -0.39 is 0 Å². The Morgan fingerprint density at radius 3 is 2.06 bits per heavy atom. The van der Waals surface area contributed by atoms with Gasteiger partial charge in [0.05, 0.1) is 5.60 Å². The highest BCUT2D eigenvalue weighted by molar-refractivity contribution is 4.73. The molecule has 0 saturated carbocycles. The lowest BCUT2D eigenvalue weighted by molar-refractivity contribution is -0.0282. The van der Waals surface area contributed by atoms with Gasteiger partial charge < -0.3 is 10.5 Å². The largest absolute Gasteiger partial charge is 0.376 e. The Bertz CT molecular complexity index is 188. The second-order valence-corrected chi connectivity index (χ2v) is 6.74. The van der Waals surface area contributed by atoms with Crippen molar-refractivity contribution in [3.05, 3.63) is 0 Å². The molecule has 0 aliphatic carbocycles. The highest BCUT2D eigenvalue weighted by Gasteiger charge is 2.19. The molecule has 0 fully saturated rings. The third-order valence-corrected chi connectivity index (χ3v) is 3.23. The normalized spacial score (nSPS) is 14.2. The lowest BCUT2D eigenvalue weighted by Gasteiger charge is -2.27. The van der Waals surface area contributed by atoms with Crippen molar-refractivity contribution in [3.8, 4) is 0 Å². The summed E-state index contributed by atoms with van der Waals surface area (Å²) in [6, 6.07) is 0.219. The van der Waals surface area contributed by atoms with E-state index in [1.165, 1.54) is 38.5 Å². The van der Waals surface area contributed by atoms with Crippen molar-refractivity contribution in [2.45, 2.75) is 91.2 Å². The van der Waals surface area contributed by atoms with Gasteiger partial charge in [0, 0.05) is 12.6 Å². The summed E-state index contributed by atoms with van der Waals surface area (Å²) in [4.78, 5) is 0. The first-order valence-corrected chi connectivity index (χ1v) is 7.73. The predicted molar refractivity (Wildman–Crippen MR) is 80.8 cm³/mol. The zero-order chi connectivity index (χ0) is 14.0. The number of nitrogens with two attached hydrogens (primary N) is 1. The number of unbranched alkanes of at least 4 members (excludes halogenated alkanes) is 4. The minimum Gasteiger partial charge on any atom is -0.376 e. The van der Waals surface area contributed by atoms with E-state index in [0.29, 0.717) is 0 Å². The van der Waals surface area contributed by atoms with Gasteiger partial charge in [-0.15, -0.1) is 0 Å². The molecule has 0 rings (SSSR count). The van der Waals surface area contributed by atoms with Crippen LogP contribution in [0.3, 0.4) is 0 Å². The molecule has 0 aliphatic rings. The smallest absolute Gasteiger partial charge is 0.0641 e. The lowest BCUT2D eigenvalue weighted by Crippen LogP contribution is -2.33. The van der Waals surface area contributed by atoms with Crippen molar-refractivity contribution in [2.75, 3.05) is 6.61 Å². The first-order valence-electron chi connectivity index (χ1n) is 7.73. The molecular weight excluding hydrogens is 222 g/mol. The fourth-order valence-corrected chi connectivity index (χ4v) is 2.37. The van der Waals surface area contributed by atoms with Gasteiger partial charge in [-0.1, -0.05) is 46.0 Å². The Kier molecular flexibility index (Phi) is 9.76. The topological polar surface area (TPSA) is 35.2 Å². The molecule has 2 nitrogen and oxygen atoms in total. The molecule has 0 aromatic heterocycles. The first kappa shape index (κ1) is 17.9. The Hall–Kier alpha value is -0.0800. The minimum atomic E-state index is -0.0637. The quantitative estimate of drug-likeness (QED) is 0.552. The highest BCUT2D eigenvalue weighted by Crippen LogP contribution is 2.17. The maximum atomic E-state index is 5.91. The van der Waals surface area contributed by atoms with E-state index in [9.17, 15) is 0 Å². The van der Waals surface area contributed by atoms with Gasteiger partial charge in [0.25, 0.3) is 0 Å². The van der Waals surface area contributed by atoms with Crippen LogP contribution in [0.1, 0.15) is 79.6 Å². The standard InChI is InChI=1S/C16H35NO/c1-14(2)11-9-7-6-8-10-12-18-16(4,5)13-15(3)17/h14-15H,6-13,17H2,1-5H3. The molecular formula is C16H35NO. The van der Waals surface area contributed by atoms with Gasteiger partial charge in [0.1, 0.15) is 0 Å². The number of rotatable bonds is 11. The molecule has 18 heavy (non-hydrogen) atoms. The SMILES string of the molecule is CC(C)CCCCCCCOC(C)(C)CC(C)N. The zero-order valence-electron chi connectivity index (χ0n) is 13.3. The van der Waals surface area contributed by atoms with Crippen LogP contribution in [0.15, 0.2) is 0 Å². The highest BCUT2D eigenvalue weighted by atomic mass is 16.5. The maximum Gasteiger partial charge on any atom is 0.0641 e. The Morgan fingerprint density at radius 2 is 1.50 bits per heavy atom. The van der Waals surface area contributed by atoms with E-state index >= 15 is 0 Å². The molecule has 0 heterocycles. The molecule has 0 aromatic carbocycles.